The van der Waals surface area contributed by atoms with Crippen LogP contribution in [0.15, 0.2) is 35.5 Å². The monoisotopic (exact) mass is 363 g/mol. The third kappa shape index (κ3) is 3.72. The standard InChI is InChI=1S/C16H21N5O3S/c1-12-11-14(18-13(2)22)3-4-16(12)25(23,24)20-8-5-15(6-9-20)21-10-7-17-19-21/h3-4,7,10-11,15H,5-6,8-9H2,1-2H3,(H,18,22). The van der Waals surface area contributed by atoms with Gasteiger partial charge < -0.3 is 5.32 Å². The van der Waals surface area contributed by atoms with E-state index in [4.69, 9.17) is 0 Å². The largest absolute Gasteiger partial charge is 0.326 e. The van der Waals surface area contributed by atoms with Gasteiger partial charge in [-0.3, -0.25) is 4.79 Å². The Morgan fingerprint density at radius 3 is 2.56 bits per heavy atom. The lowest BCUT2D eigenvalue weighted by molar-refractivity contribution is -0.114. The summed E-state index contributed by atoms with van der Waals surface area (Å²) in [6, 6.07) is 5.02. The summed E-state index contributed by atoms with van der Waals surface area (Å²) < 4.78 is 29.2. The van der Waals surface area contributed by atoms with E-state index in [0.717, 1.165) is 0 Å². The fraction of sp³-hybridized carbons (Fsp3) is 0.438. The Hall–Kier alpha value is -2.26. The Labute approximate surface area is 146 Å². The van der Waals surface area contributed by atoms with Gasteiger partial charge >= 0.3 is 0 Å². The Balaban J connectivity index is 1.75. The fourth-order valence-electron chi connectivity index (χ4n) is 3.12. The van der Waals surface area contributed by atoms with Crippen LogP contribution in [0.5, 0.6) is 0 Å². The Bertz CT molecular complexity index is 856. The normalized spacial score (nSPS) is 16.7. The minimum absolute atomic E-state index is 0.178. The number of sulfonamides is 1. The van der Waals surface area contributed by atoms with Gasteiger partial charge in [0.05, 0.1) is 17.1 Å². The molecule has 1 fully saturated rings. The molecular formula is C16H21N5O3S. The number of amides is 1. The average molecular weight is 363 g/mol. The number of nitrogens with one attached hydrogen (secondary N) is 1. The highest BCUT2D eigenvalue weighted by Gasteiger charge is 2.31. The summed E-state index contributed by atoms with van der Waals surface area (Å²) in [5.74, 6) is -0.190. The Morgan fingerprint density at radius 1 is 1.28 bits per heavy atom. The molecular weight excluding hydrogens is 342 g/mol. The molecule has 1 amide bonds. The van der Waals surface area contributed by atoms with Crippen molar-refractivity contribution in [1.82, 2.24) is 19.3 Å². The molecule has 1 aliphatic heterocycles. The molecule has 0 spiro atoms. The topological polar surface area (TPSA) is 97.2 Å². The van der Waals surface area contributed by atoms with E-state index in [1.807, 2.05) is 0 Å². The van der Waals surface area contributed by atoms with E-state index in [9.17, 15) is 13.2 Å². The highest BCUT2D eigenvalue weighted by molar-refractivity contribution is 7.89. The van der Waals surface area contributed by atoms with Crippen LogP contribution in [0.4, 0.5) is 5.69 Å². The van der Waals surface area contributed by atoms with Crippen molar-refractivity contribution in [1.29, 1.82) is 0 Å². The summed E-state index contributed by atoms with van der Waals surface area (Å²) in [6.07, 6.45) is 4.83. The van der Waals surface area contributed by atoms with Gasteiger partial charge in [0.25, 0.3) is 0 Å². The molecule has 1 aromatic heterocycles. The molecule has 134 valence electrons. The van der Waals surface area contributed by atoms with E-state index < -0.39 is 10.0 Å². The number of piperidine rings is 1. The third-order valence-electron chi connectivity index (χ3n) is 4.35. The number of hydrogen-bond acceptors (Lipinski definition) is 5. The minimum atomic E-state index is -3.55. The van der Waals surface area contributed by atoms with E-state index in [0.29, 0.717) is 37.2 Å². The van der Waals surface area contributed by atoms with E-state index in [-0.39, 0.29) is 16.8 Å². The Morgan fingerprint density at radius 2 is 2.00 bits per heavy atom. The van der Waals surface area contributed by atoms with E-state index >= 15 is 0 Å². The van der Waals surface area contributed by atoms with E-state index in [1.165, 1.54) is 11.2 Å². The first-order valence-corrected chi connectivity index (χ1v) is 9.56. The maximum atomic E-state index is 12.9. The maximum Gasteiger partial charge on any atom is 0.243 e. The molecule has 0 saturated carbocycles. The van der Waals surface area contributed by atoms with E-state index in [2.05, 4.69) is 15.6 Å². The van der Waals surface area contributed by atoms with E-state index in [1.54, 1.807) is 42.2 Å². The third-order valence-corrected chi connectivity index (χ3v) is 6.41. The van der Waals surface area contributed by atoms with Gasteiger partial charge in [-0.1, -0.05) is 5.21 Å². The van der Waals surface area contributed by atoms with Gasteiger partial charge in [0.15, 0.2) is 0 Å². The summed E-state index contributed by atoms with van der Waals surface area (Å²) in [4.78, 5) is 11.4. The molecule has 0 bridgehead atoms. The van der Waals surface area contributed by atoms with Gasteiger partial charge in [0.1, 0.15) is 0 Å². The second kappa shape index (κ2) is 6.93. The number of hydrogen-bond donors (Lipinski definition) is 1. The molecule has 1 N–H and O–H groups in total. The molecule has 3 rings (SSSR count). The van der Waals surface area contributed by atoms with Crippen molar-refractivity contribution in [3.63, 3.8) is 0 Å². The molecule has 0 radical (unpaired) electrons. The molecule has 8 nitrogen and oxygen atoms in total. The zero-order valence-electron chi connectivity index (χ0n) is 14.2. The molecule has 9 heteroatoms. The van der Waals surface area contributed by atoms with Crippen LogP contribution in [0.1, 0.15) is 31.4 Å². The van der Waals surface area contributed by atoms with Crippen molar-refractivity contribution in [2.75, 3.05) is 18.4 Å². The number of carbonyl (C=O) groups excluding carboxylic acids is 1. The van der Waals surface area contributed by atoms with Crippen molar-refractivity contribution in [2.45, 2.75) is 37.6 Å². The first kappa shape index (κ1) is 17.6. The van der Waals surface area contributed by atoms with Crippen molar-refractivity contribution in [3.05, 3.63) is 36.2 Å². The van der Waals surface area contributed by atoms with Gasteiger partial charge in [0, 0.05) is 31.9 Å². The molecule has 2 heterocycles. The van der Waals surface area contributed by atoms with Crippen LogP contribution in [0.25, 0.3) is 0 Å². The van der Waals surface area contributed by atoms with Crippen LogP contribution in [-0.2, 0) is 14.8 Å². The zero-order chi connectivity index (χ0) is 18.0. The van der Waals surface area contributed by atoms with Crippen LogP contribution in [0, 0.1) is 6.92 Å². The lowest BCUT2D eigenvalue weighted by Crippen LogP contribution is -2.39. The number of benzene rings is 1. The summed E-state index contributed by atoms with van der Waals surface area (Å²) >= 11 is 0. The van der Waals surface area contributed by atoms with Gasteiger partial charge in [-0.15, -0.1) is 5.10 Å². The number of anilines is 1. The maximum absolute atomic E-state index is 12.9. The second-order valence-electron chi connectivity index (χ2n) is 6.18. The highest BCUT2D eigenvalue weighted by atomic mass is 32.2. The van der Waals surface area contributed by atoms with Crippen molar-refractivity contribution >= 4 is 21.6 Å². The highest BCUT2D eigenvalue weighted by Crippen LogP contribution is 2.28. The summed E-state index contributed by atoms with van der Waals surface area (Å²) in [7, 11) is -3.55. The number of aromatic nitrogens is 3. The fourth-order valence-corrected chi connectivity index (χ4v) is 4.79. The lowest BCUT2D eigenvalue weighted by atomic mass is 10.1. The minimum Gasteiger partial charge on any atom is -0.326 e. The second-order valence-corrected chi connectivity index (χ2v) is 8.09. The number of nitrogens with zero attached hydrogens (tertiary/aromatic N) is 4. The van der Waals surface area contributed by atoms with Crippen LogP contribution in [-0.4, -0.2) is 46.7 Å². The molecule has 1 aliphatic rings. The average Bonchev–Trinajstić information content (AvgIpc) is 3.08. The summed E-state index contributed by atoms with van der Waals surface area (Å²) in [5, 5.41) is 10.5. The molecule has 2 aromatic rings. The quantitative estimate of drug-likeness (QED) is 0.889. The summed E-state index contributed by atoms with van der Waals surface area (Å²) in [5.41, 5.74) is 1.21. The molecule has 0 aliphatic carbocycles. The van der Waals surface area contributed by atoms with Crippen LogP contribution < -0.4 is 5.32 Å². The Kier molecular flexibility index (Phi) is 4.87. The van der Waals surface area contributed by atoms with Crippen LogP contribution in [0.3, 0.4) is 0 Å². The molecule has 1 aromatic carbocycles. The van der Waals surface area contributed by atoms with Gasteiger partial charge in [-0.05, 0) is 43.5 Å². The van der Waals surface area contributed by atoms with Gasteiger partial charge in [-0.2, -0.15) is 4.31 Å². The van der Waals surface area contributed by atoms with Crippen LogP contribution in [0.2, 0.25) is 0 Å². The smallest absolute Gasteiger partial charge is 0.243 e. The lowest BCUT2D eigenvalue weighted by Gasteiger charge is -2.31. The molecule has 25 heavy (non-hydrogen) atoms. The SMILES string of the molecule is CC(=O)Nc1ccc(S(=O)(=O)N2CCC(n3ccnn3)CC2)c(C)c1. The van der Waals surface area contributed by atoms with Crippen molar-refractivity contribution < 1.29 is 13.2 Å². The van der Waals surface area contributed by atoms with Gasteiger partial charge in [0.2, 0.25) is 15.9 Å². The first-order valence-electron chi connectivity index (χ1n) is 8.12. The predicted molar refractivity (Wildman–Crippen MR) is 92.5 cm³/mol. The number of aryl methyl sites for hydroxylation is 1. The molecule has 0 atom stereocenters. The first-order chi connectivity index (χ1) is 11.9. The van der Waals surface area contributed by atoms with Crippen LogP contribution >= 0.6 is 0 Å². The number of rotatable bonds is 4. The molecule has 1 saturated heterocycles. The zero-order valence-corrected chi connectivity index (χ0v) is 15.0. The van der Waals surface area contributed by atoms with Crippen molar-refractivity contribution in [3.8, 4) is 0 Å². The predicted octanol–water partition coefficient (Wildman–Crippen LogP) is 1.57. The van der Waals surface area contributed by atoms with Gasteiger partial charge in [-0.25, -0.2) is 13.1 Å². The number of carbonyl (C=O) groups is 1. The molecule has 0 unspecified atom stereocenters. The summed E-state index contributed by atoms with van der Waals surface area (Å²) in [6.45, 7) is 4.04. The van der Waals surface area contributed by atoms with Crippen molar-refractivity contribution in [2.24, 2.45) is 0 Å².